The van der Waals surface area contributed by atoms with E-state index in [9.17, 15) is 9.59 Å². The molecule has 7 nitrogen and oxygen atoms in total. The number of aliphatic carboxylic acids is 2. The quantitative estimate of drug-likeness (QED) is 0.546. The van der Waals surface area contributed by atoms with Crippen molar-refractivity contribution in [2.24, 2.45) is 0 Å². The van der Waals surface area contributed by atoms with Crippen LogP contribution < -0.4 is 0 Å². The fraction of sp³-hybridized carbons (Fsp3) is 0.273. The number of hydrogen-bond acceptors (Lipinski definition) is 5. The standard InChI is InChI=1S/C6H6O3.C5H8O4/c7-4-1-5(8)3-6(9)2-4;6-4(7)2-1-3-5(8)9/h1-3,7-9H;1-3H2,(H,6,7)(H,8,9). The largest absolute Gasteiger partial charge is 0.508 e. The number of aromatic hydroxyl groups is 3. The predicted octanol–water partition coefficient (Wildman–Crippen LogP) is 1.13. The molecule has 18 heavy (non-hydrogen) atoms. The Morgan fingerprint density at radius 2 is 1.06 bits per heavy atom. The lowest BCUT2D eigenvalue weighted by Gasteiger charge is -1.94. The van der Waals surface area contributed by atoms with Crippen molar-refractivity contribution in [2.45, 2.75) is 19.3 Å². The number of rotatable bonds is 4. The summed E-state index contributed by atoms with van der Waals surface area (Å²) >= 11 is 0. The molecule has 1 rings (SSSR count). The van der Waals surface area contributed by atoms with Gasteiger partial charge in [-0.2, -0.15) is 0 Å². The molecule has 100 valence electrons. The lowest BCUT2D eigenvalue weighted by Crippen LogP contribution is -1.98. The van der Waals surface area contributed by atoms with E-state index in [0.717, 1.165) is 18.2 Å². The van der Waals surface area contributed by atoms with E-state index >= 15 is 0 Å². The van der Waals surface area contributed by atoms with Crippen molar-refractivity contribution in [1.82, 2.24) is 0 Å². The SMILES string of the molecule is O=C(O)CCCC(=O)O.Oc1cc(O)cc(O)c1. The summed E-state index contributed by atoms with van der Waals surface area (Å²) in [4.78, 5) is 19.6. The van der Waals surface area contributed by atoms with Gasteiger partial charge >= 0.3 is 11.9 Å². The maximum Gasteiger partial charge on any atom is 0.303 e. The van der Waals surface area contributed by atoms with E-state index in [4.69, 9.17) is 25.5 Å². The van der Waals surface area contributed by atoms with Crippen LogP contribution in [0.2, 0.25) is 0 Å². The molecule has 0 spiro atoms. The Balaban J connectivity index is 0.000000321. The highest BCUT2D eigenvalue weighted by molar-refractivity contribution is 5.69. The van der Waals surface area contributed by atoms with Gasteiger partial charge in [0.2, 0.25) is 0 Å². The highest BCUT2D eigenvalue weighted by Gasteiger charge is 1.99. The van der Waals surface area contributed by atoms with Crippen molar-refractivity contribution in [3.05, 3.63) is 18.2 Å². The first-order valence-corrected chi connectivity index (χ1v) is 4.97. The number of phenols is 3. The Hall–Kier alpha value is -2.44. The van der Waals surface area contributed by atoms with E-state index in [-0.39, 0.29) is 36.5 Å². The molecule has 0 saturated heterocycles. The normalized spacial score (nSPS) is 9.11. The van der Waals surface area contributed by atoms with Crippen LogP contribution in [0.1, 0.15) is 19.3 Å². The zero-order valence-electron chi connectivity index (χ0n) is 9.41. The molecule has 0 fully saturated rings. The van der Waals surface area contributed by atoms with Gasteiger partial charge in [0.25, 0.3) is 0 Å². The zero-order chi connectivity index (χ0) is 14.1. The van der Waals surface area contributed by atoms with Crippen molar-refractivity contribution in [2.75, 3.05) is 0 Å². The highest BCUT2D eigenvalue weighted by Crippen LogP contribution is 2.23. The molecule has 0 aliphatic rings. The molecule has 7 heteroatoms. The van der Waals surface area contributed by atoms with Crippen molar-refractivity contribution in [1.29, 1.82) is 0 Å². The molecule has 1 aromatic carbocycles. The lowest BCUT2D eigenvalue weighted by atomic mass is 10.2. The van der Waals surface area contributed by atoms with E-state index in [1.54, 1.807) is 0 Å². The average molecular weight is 258 g/mol. The van der Waals surface area contributed by atoms with E-state index in [1.165, 1.54) is 0 Å². The van der Waals surface area contributed by atoms with Crippen LogP contribution >= 0.6 is 0 Å². The molecule has 0 saturated carbocycles. The minimum absolute atomic E-state index is 0.0632. The molecule has 0 amide bonds. The third kappa shape index (κ3) is 8.84. The third-order valence-corrected chi connectivity index (χ3v) is 1.67. The van der Waals surface area contributed by atoms with Crippen LogP contribution in [-0.2, 0) is 9.59 Å². The summed E-state index contributed by atoms with van der Waals surface area (Å²) < 4.78 is 0. The van der Waals surface area contributed by atoms with Crippen LogP contribution in [0.3, 0.4) is 0 Å². The monoisotopic (exact) mass is 258 g/mol. The maximum atomic E-state index is 9.79. The van der Waals surface area contributed by atoms with E-state index in [0.29, 0.717) is 0 Å². The summed E-state index contributed by atoms with van der Waals surface area (Å²) in [6.07, 6.45) is 0.0866. The number of benzene rings is 1. The summed E-state index contributed by atoms with van der Waals surface area (Å²) in [6.45, 7) is 0. The highest BCUT2D eigenvalue weighted by atomic mass is 16.4. The fourth-order valence-corrected chi connectivity index (χ4v) is 0.970. The smallest absolute Gasteiger partial charge is 0.303 e. The number of carboxylic acid groups (broad SMARTS) is 2. The molecule has 0 aromatic heterocycles. The second kappa shape index (κ2) is 7.77. The van der Waals surface area contributed by atoms with Crippen LogP contribution in [0.5, 0.6) is 17.2 Å². The summed E-state index contributed by atoms with van der Waals surface area (Å²) in [5.41, 5.74) is 0. The minimum Gasteiger partial charge on any atom is -0.508 e. The number of phenolic OH excluding ortho intramolecular Hbond substituents is 3. The van der Waals surface area contributed by atoms with Gasteiger partial charge in [-0.05, 0) is 6.42 Å². The van der Waals surface area contributed by atoms with Crippen molar-refractivity contribution < 1.29 is 35.1 Å². The Kier molecular flexibility index (Phi) is 6.72. The van der Waals surface area contributed by atoms with E-state index in [1.807, 2.05) is 0 Å². The topological polar surface area (TPSA) is 135 Å². The molecule has 1 aromatic rings. The first-order valence-electron chi connectivity index (χ1n) is 4.97. The van der Waals surface area contributed by atoms with Crippen LogP contribution in [0.4, 0.5) is 0 Å². The van der Waals surface area contributed by atoms with E-state index < -0.39 is 11.9 Å². The van der Waals surface area contributed by atoms with Gasteiger partial charge in [0.15, 0.2) is 0 Å². The molecule has 0 aliphatic carbocycles. The Bertz CT molecular complexity index is 349. The van der Waals surface area contributed by atoms with Crippen LogP contribution in [-0.4, -0.2) is 37.5 Å². The molecule has 0 atom stereocenters. The predicted molar refractivity (Wildman–Crippen MR) is 60.6 cm³/mol. The number of hydrogen-bond donors (Lipinski definition) is 5. The van der Waals surface area contributed by atoms with Gasteiger partial charge in [0, 0.05) is 31.0 Å². The summed E-state index contributed by atoms with van der Waals surface area (Å²) in [5, 5.41) is 42.1. The number of carboxylic acids is 2. The maximum absolute atomic E-state index is 9.79. The summed E-state index contributed by atoms with van der Waals surface area (Å²) in [7, 11) is 0. The molecule has 0 heterocycles. The van der Waals surface area contributed by atoms with Gasteiger partial charge in [-0.25, -0.2) is 0 Å². The first-order chi connectivity index (χ1) is 8.31. The lowest BCUT2D eigenvalue weighted by molar-refractivity contribution is -0.138. The fourth-order valence-electron chi connectivity index (χ4n) is 0.970. The Labute approximate surface area is 103 Å². The van der Waals surface area contributed by atoms with Gasteiger partial charge < -0.3 is 25.5 Å². The molecular weight excluding hydrogens is 244 g/mol. The van der Waals surface area contributed by atoms with Crippen molar-refractivity contribution in [3.8, 4) is 17.2 Å². The third-order valence-electron chi connectivity index (χ3n) is 1.67. The van der Waals surface area contributed by atoms with Crippen LogP contribution in [0, 0.1) is 0 Å². The van der Waals surface area contributed by atoms with Crippen molar-refractivity contribution in [3.63, 3.8) is 0 Å². The van der Waals surface area contributed by atoms with Gasteiger partial charge in [0.05, 0.1) is 0 Å². The number of carbonyl (C=O) groups is 2. The van der Waals surface area contributed by atoms with Crippen LogP contribution in [0.25, 0.3) is 0 Å². The molecule has 5 N–H and O–H groups in total. The zero-order valence-corrected chi connectivity index (χ0v) is 9.41. The first kappa shape index (κ1) is 15.6. The van der Waals surface area contributed by atoms with Gasteiger partial charge in [-0.15, -0.1) is 0 Å². The summed E-state index contributed by atoms with van der Waals surface area (Å²) in [5.74, 6) is -2.33. The molecule has 0 unspecified atom stereocenters. The molecule has 0 bridgehead atoms. The molecule has 0 radical (unpaired) electrons. The summed E-state index contributed by atoms with van der Waals surface area (Å²) in [6, 6.07) is 3.42. The second-order valence-electron chi connectivity index (χ2n) is 3.35. The van der Waals surface area contributed by atoms with Crippen molar-refractivity contribution >= 4 is 11.9 Å². The Morgan fingerprint density at radius 1 is 0.778 bits per heavy atom. The van der Waals surface area contributed by atoms with Crippen LogP contribution in [0.15, 0.2) is 18.2 Å². The second-order valence-corrected chi connectivity index (χ2v) is 3.35. The molecular formula is C11H14O7. The van der Waals surface area contributed by atoms with E-state index in [2.05, 4.69) is 0 Å². The molecule has 0 aliphatic heterocycles. The van der Waals surface area contributed by atoms with Gasteiger partial charge in [-0.3, -0.25) is 9.59 Å². The van der Waals surface area contributed by atoms with Gasteiger partial charge in [-0.1, -0.05) is 0 Å². The minimum atomic E-state index is -0.948. The average Bonchev–Trinajstić information content (AvgIpc) is 2.14. The van der Waals surface area contributed by atoms with Gasteiger partial charge in [0.1, 0.15) is 17.2 Å². The Morgan fingerprint density at radius 3 is 1.28 bits per heavy atom.